The van der Waals surface area contributed by atoms with Crippen LogP contribution in [0.1, 0.15) is 40.5 Å². The molecule has 0 rings (SSSR count). The molecular formula is C14H28O3Si. The Morgan fingerprint density at radius 3 is 2.39 bits per heavy atom. The van der Waals surface area contributed by atoms with E-state index in [1.54, 1.807) is 6.92 Å². The minimum atomic E-state index is -1.62. The molecule has 0 aliphatic rings. The van der Waals surface area contributed by atoms with Crippen molar-refractivity contribution in [2.24, 2.45) is 0 Å². The number of hydrogen-bond acceptors (Lipinski definition) is 3. The lowest BCUT2D eigenvalue weighted by atomic mass is 10.2. The Kier molecular flexibility index (Phi) is 7.48. The van der Waals surface area contributed by atoms with Crippen LogP contribution in [0.4, 0.5) is 0 Å². The average molecular weight is 272 g/mol. The molecule has 0 aromatic rings. The third kappa shape index (κ3) is 6.96. The van der Waals surface area contributed by atoms with E-state index in [4.69, 9.17) is 9.16 Å². The van der Waals surface area contributed by atoms with Gasteiger partial charge in [-0.2, -0.15) is 0 Å². The molecule has 0 saturated carbocycles. The van der Waals surface area contributed by atoms with Gasteiger partial charge in [0.25, 0.3) is 0 Å². The summed E-state index contributed by atoms with van der Waals surface area (Å²) in [6, 6.07) is 0. The van der Waals surface area contributed by atoms with Crippen LogP contribution >= 0.6 is 0 Å². The fraction of sp³-hybridized carbons (Fsp3) is 0.786. The molecule has 4 heteroatoms. The summed E-state index contributed by atoms with van der Waals surface area (Å²) >= 11 is 0. The topological polar surface area (TPSA) is 35.5 Å². The van der Waals surface area contributed by atoms with Gasteiger partial charge in [0.15, 0.2) is 8.32 Å². The molecule has 0 aromatic heterocycles. The zero-order valence-corrected chi connectivity index (χ0v) is 13.7. The molecule has 0 unspecified atom stereocenters. The van der Waals surface area contributed by atoms with E-state index in [0.717, 1.165) is 19.4 Å². The highest BCUT2D eigenvalue weighted by Gasteiger charge is 2.36. The van der Waals surface area contributed by atoms with Crippen molar-refractivity contribution in [3.8, 4) is 0 Å². The molecule has 0 saturated heterocycles. The number of carbonyl (C=O) groups is 1. The summed E-state index contributed by atoms with van der Waals surface area (Å²) in [4.78, 5) is 11.0. The van der Waals surface area contributed by atoms with Gasteiger partial charge in [-0.25, -0.2) is 4.79 Å². The molecule has 106 valence electrons. The number of esters is 1. The lowest BCUT2D eigenvalue weighted by Crippen LogP contribution is -2.40. The summed E-state index contributed by atoms with van der Waals surface area (Å²) in [6.07, 6.45) is 5.15. The second-order valence-electron chi connectivity index (χ2n) is 5.91. The molecule has 0 aliphatic carbocycles. The Morgan fingerprint density at radius 2 is 1.89 bits per heavy atom. The fourth-order valence-electron chi connectivity index (χ4n) is 1.11. The van der Waals surface area contributed by atoms with E-state index in [9.17, 15) is 4.79 Å². The lowest BCUT2D eigenvalue weighted by molar-refractivity contribution is -0.137. The van der Waals surface area contributed by atoms with E-state index in [2.05, 4.69) is 33.9 Å². The summed E-state index contributed by atoms with van der Waals surface area (Å²) in [6.45, 7) is 14.2. The van der Waals surface area contributed by atoms with E-state index in [-0.39, 0.29) is 11.0 Å². The van der Waals surface area contributed by atoms with E-state index in [1.807, 2.05) is 6.08 Å². The van der Waals surface area contributed by atoms with Gasteiger partial charge in [-0.05, 0) is 37.9 Å². The Hall–Kier alpha value is -0.613. The number of carbonyl (C=O) groups excluding carboxylic acids is 1. The number of rotatable bonds is 7. The van der Waals surface area contributed by atoms with Gasteiger partial charge in [-0.3, -0.25) is 0 Å². The molecule has 0 aliphatic heterocycles. The van der Waals surface area contributed by atoms with Crippen molar-refractivity contribution in [3.05, 3.63) is 12.2 Å². The molecule has 0 aromatic carbocycles. The molecule has 0 atom stereocenters. The summed E-state index contributed by atoms with van der Waals surface area (Å²) < 4.78 is 10.8. The first kappa shape index (κ1) is 17.4. The fourth-order valence-corrected chi connectivity index (χ4v) is 2.20. The second kappa shape index (κ2) is 7.74. The predicted molar refractivity (Wildman–Crippen MR) is 78.2 cm³/mol. The molecule has 3 nitrogen and oxygen atoms in total. The first-order valence-electron chi connectivity index (χ1n) is 6.68. The van der Waals surface area contributed by atoms with Crippen LogP contribution in [0.25, 0.3) is 0 Å². The SMILES string of the molecule is CCOC(=O)/C=C/CCCO[Si](C)(C)C(C)(C)C. The molecule has 0 bridgehead atoms. The molecule has 0 amide bonds. The van der Waals surface area contributed by atoms with Gasteiger partial charge in [0.2, 0.25) is 0 Å². The number of hydrogen-bond donors (Lipinski definition) is 0. The van der Waals surface area contributed by atoms with E-state index < -0.39 is 8.32 Å². The smallest absolute Gasteiger partial charge is 0.330 e. The molecule has 0 spiro atoms. The van der Waals surface area contributed by atoms with Crippen LogP contribution < -0.4 is 0 Å². The molecular weight excluding hydrogens is 244 g/mol. The first-order valence-corrected chi connectivity index (χ1v) is 9.59. The molecule has 0 radical (unpaired) electrons. The third-order valence-corrected chi connectivity index (χ3v) is 7.86. The van der Waals surface area contributed by atoms with Crippen LogP contribution in [0.3, 0.4) is 0 Å². The number of ether oxygens (including phenoxy) is 1. The molecule has 0 heterocycles. The highest BCUT2D eigenvalue weighted by Crippen LogP contribution is 2.36. The maximum absolute atomic E-state index is 11.0. The maximum atomic E-state index is 11.0. The second-order valence-corrected chi connectivity index (χ2v) is 10.7. The standard InChI is InChI=1S/C14H28O3Si/c1-7-16-13(15)11-9-8-10-12-17-18(5,6)14(2,3)4/h9,11H,7-8,10,12H2,1-6H3/b11-9+. The maximum Gasteiger partial charge on any atom is 0.330 e. The van der Waals surface area contributed by atoms with Gasteiger partial charge in [0.05, 0.1) is 6.61 Å². The minimum Gasteiger partial charge on any atom is -0.463 e. The predicted octanol–water partition coefficient (Wildman–Crippen LogP) is 3.91. The summed E-state index contributed by atoms with van der Waals surface area (Å²) in [5, 5.41) is 0.258. The van der Waals surface area contributed by atoms with Crippen LogP contribution in [-0.4, -0.2) is 27.5 Å². The van der Waals surface area contributed by atoms with Gasteiger partial charge in [0, 0.05) is 12.7 Å². The zero-order chi connectivity index (χ0) is 14.2. The molecule has 0 fully saturated rings. The van der Waals surface area contributed by atoms with Crippen molar-refractivity contribution in [2.75, 3.05) is 13.2 Å². The summed E-state index contributed by atoms with van der Waals surface area (Å²) in [7, 11) is -1.62. The lowest BCUT2D eigenvalue weighted by Gasteiger charge is -2.36. The monoisotopic (exact) mass is 272 g/mol. The van der Waals surface area contributed by atoms with Gasteiger partial charge in [-0.15, -0.1) is 0 Å². The number of allylic oxidation sites excluding steroid dienone is 1. The highest BCUT2D eigenvalue weighted by molar-refractivity contribution is 6.74. The van der Waals surface area contributed by atoms with Crippen molar-refractivity contribution >= 4 is 14.3 Å². The Morgan fingerprint density at radius 1 is 1.28 bits per heavy atom. The normalized spacial score (nSPS) is 13.0. The quantitative estimate of drug-likeness (QED) is 0.305. The highest BCUT2D eigenvalue weighted by atomic mass is 28.4. The molecule has 18 heavy (non-hydrogen) atoms. The minimum absolute atomic E-state index is 0.258. The van der Waals surface area contributed by atoms with Crippen LogP contribution in [0.15, 0.2) is 12.2 Å². The van der Waals surface area contributed by atoms with Gasteiger partial charge >= 0.3 is 5.97 Å². The Balaban J connectivity index is 3.78. The molecule has 0 N–H and O–H groups in total. The van der Waals surface area contributed by atoms with Gasteiger partial charge < -0.3 is 9.16 Å². The summed E-state index contributed by atoms with van der Waals surface area (Å²) in [5.74, 6) is -0.261. The van der Waals surface area contributed by atoms with E-state index in [0.29, 0.717) is 6.61 Å². The van der Waals surface area contributed by atoms with Crippen LogP contribution in [0.2, 0.25) is 18.1 Å². The average Bonchev–Trinajstić information content (AvgIpc) is 2.21. The summed E-state index contributed by atoms with van der Waals surface area (Å²) in [5.41, 5.74) is 0. The third-order valence-electron chi connectivity index (χ3n) is 3.32. The van der Waals surface area contributed by atoms with Crippen molar-refractivity contribution in [1.82, 2.24) is 0 Å². The van der Waals surface area contributed by atoms with Gasteiger partial charge in [-0.1, -0.05) is 26.8 Å². The largest absolute Gasteiger partial charge is 0.463 e. The van der Waals surface area contributed by atoms with Crippen molar-refractivity contribution in [1.29, 1.82) is 0 Å². The van der Waals surface area contributed by atoms with Crippen molar-refractivity contribution in [3.63, 3.8) is 0 Å². The van der Waals surface area contributed by atoms with Gasteiger partial charge in [0.1, 0.15) is 0 Å². The van der Waals surface area contributed by atoms with Crippen molar-refractivity contribution in [2.45, 2.75) is 58.7 Å². The zero-order valence-electron chi connectivity index (χ0n) is 12.7. The van der Waals surface area contributed by atoms with Crippen LogP contribution in [-0.2, 0) is 14.0 Å². The van der Waals surface area contributed by atoms with Crippen molar-refractivity contribution < 1.29 is 14.0 Å². The van der Waals surface area contributed by atoms with E-state index in [1.165, 1.54) is 6.08 Å². The van der Waals surface area contributed by atoms with E-state index >= 15 is 0 Å². The van der Waals surface area contributed by atoms with Crippen LogP contribution in [0.5, 0.6) is 0 Å². The van der Waals surface area contributed by atoms with Crippen LogP contribution in [0, 0.1) is 0 Å². The Bertz CT molecular complexity index is 277. The number of unbranched alkanes of at least 4 members (excludes halogenated alkanes) is 1. The first-order chi connectivity index (χ1) is 8.20. The Labute approximate surface area is 113 Å².